The number of anilines is 1. The molecule has 12 nitrogen and oxygen atoms in total. The van der Waals surface area contributed by atoms with Gasteiger partial charge in [0.1, 0.15) is 15.8 Å². The maximum Gasteiger partial charge on any atom is 0.280 e. The molecule has 0 saturated carbocycles. The van der Waals surface area contributed by atoms with Gasteiger partial charge in [-0.3, -0.25) is 4.79 Å². The maximum absolute atomic E-state index is 12.6. The minimum Gasteiger partial charge on any atom is -0.744 e. The Balaban J connectivity index is 1.87. The number of hydrogen-bond donors (Lipinski definition) is 0. The molecule has 0 saturated heterocycles. The molecule has 0 aromatic heterocycles. The summed E-state index contributed by atoms with van der Waals surface area (Å²) in [6.45, 7) is 0. The number of hydrogen-bond acceptors (Lipinski definition) is 11. The van der Waals surface area contributed by atoms with E-state index in [0.717, 1.165) is 24.3 Å². The summed E-state index contributed by atoms with van der Waals surface area (Å²) in [6.07, 6.45) is 0. The summed E-state index contributed by atoms with van der Waals surface area (Å²) < 4.78 is 33.0. The fourth-order valence-corrected chi connectivity index (χ4v) is 2.90. The van der Waals surface area contributed by atoms with Crippen LogP contribution in [-0.2, 0) is 19.7 Å². The molecule has 0 spiro atoms. The zero-order valence-electron chi connectivity index (χ0n) is 14.7. The number of carboxylic acids is 2. The van der Waals surface area contributed by atoms with Crippen molar-refractivity contribution < 1.29 is 37.6 Å². The second kappa shape index (κ2) is 7.81. The van der Waals surface area contributed by atoms with Crippen LogP contribution in [-0.4, -0.2) is 42.6 Å². The molecule has 0 radical (unpaired) electrons. The average molecular weight is 429 g/mol. The van der Waals surface area contributed by atoms with Crippen LogP contribution in [0.4, 0.5) is 11.4 Å². The molecular weight excluding hydrogens is 420 g/mol. The van der Waals surface area contributed by atoms with Crippen LogP contribution < -0.4 is 15.2 Å². The minimum atomic E-state index is -4.71. The lowest BCUT2D eigenvalue weighted by Gasteiger charge is -2.13. The monoisotopic (exact) mass is 429 g/mol. The van der Waals surface area contributed by atoms with E-state index in [2.05, 4.69) is 15.3 Å². The van der Waals surface area contributed by atoms with Crippen molar-refractivity contribution in [3.05, 3.63) is 54.1 Å². The standard InChI is InChI=1S/C17H12N4O8S/c22-15-13(19-18-10-3-1-9(2-4-10)16(23)24)14(17(25)26)20-21(15)11-5-7-12(8-6-11)30(27,28)29/h1-8,13H,(H,23,24)(H,25,26)(H,27,28,29)/p-3. The number of aliphatic carboxylic acids is 1. The van der Waals surface area contributed by atoms with E-state index in [1.165, 1.54) is 24.3 Å². The summed E-state index contributed by atoms with van der Waals surface area (Å²) in [4.78, 5) is 34.1. The Kier molecular flexibility index (Phi) is 5.40. The van der Waals surface area contributed by atoms with Crippen molar-refractivity contribution in [1.29, 1.82) is 0 Å². The molecule has 1 unspecified atom stereocenters. The van der Waals surface area contributed by atoms with Gasteiger partial charge in [0.15, 0.2) is 6.04 Å². The second-order valence-corrected chi connectivity index (χ2v) is 7.20. The Labute approximate surface area is 168 Å². The summed E-state index contributed by atoms with van der Waals surface area (Å²) in [5, 5.41) is 33.7. The number of azo groups is 1. The number of carbonyl (C=O) groups excluding carboxylic acids is 3. The minimum absolute atomic E-state index is 0.0119. The van der Waals surface area contributed by atoms with Crippen molar-refractivity contribution in [1.82, 2.24) is 0 Å². The van der Waals surface area contributed by atoms with Crippen LogP contribution in [0.5, 0.6) is 0 Å². The molecule has 0 fully saturated rings. The van der Waals surface area contributed by atoms with Crippen LogP contribution in [0.15, 0.2) is 68.8 Å². The van der Waals surface area contributed by atoms with E-state index in [0.29, 0.717) is 5.01 Å². The van der Waals surface area contributed by atoms with E-state index in [1.54, 1.807) is 0 Å². The van der Waals surface area contributed by atoms with E-state index in [1.807, 2.05) is 0 Å². The Morgan fingerprint density at radius 3 is 2.07 bits per heavy atom. The molecule has 1 aliphatic rings. The van der Waals surface area contributed by atoms with Gasteiger partial charge in [-0.15, -0.1) is 0 Å². The van der Waals surface area contributed by atoms with Crippen molar-refractivity contribution >= 4 is 45.1 Å². The van der Waals surface area contributed by atoms with Gasteiger partial charge in [-0.25, -0.2) is 8.42 Å². The summed E-state index contributed by atoms with van der Waals surface area (Å²) in [5.74, 6) is -4.09. The molecule has 3 rings (SSSR count). The first-order valence-corrected chi connectivity index (χ1v) is 9.41. The number of benzene rings is 2. The SMILES string of the molecule is O=C([O-])C1=NN(c2ccc(S(=O)(=O)[O-])cc2)C(=O)C1N=Nc1ccc(C(=O)[O-])cc1. The zero-order valence-corrected chi connectivity index (χ0v) is 15.5. The number of amides is 1. The van der Waals surface area contributed by atoms with E-state index in [-0.39, 0.29) is 16.9 Å². The third-order valence-electron chi connectivity index (χ3n) is 3.88. The van der Waals surface area contributed by atoms with Gasteiger partial charge in [0.2, 0.25) is 0 Å². The first kappa shape index (κ1) is 20.8. The van der Waals surface area contributed by atoms with E-state index < -0.39 is 44.6 Å². The van der Waals surface area contributed by atoms with Crippen molar-refractivity contribution in [2.45, 2.75) is 10.9 Å². The van der Waals surface area contributed by atoms with Gasteiger partial charge in [0.25, 0.3) is 5.91 Å². The Hall–Kier alpha value is -3.97. The van der Waals surface area contributed by atoms with Crippen molar-refractivity contribution in [3.8, 4) is 0 Å². The zero-order chi connectivity index (χ0) is 22.1. The first-order valence-electron chi connectivity index (χ1n) is 8.00. The highest BCUT2D eigenvalue weighted by Crippen LogP contribution is 2.25. The molecule has 1 amide bonds. The van der Waals surface area contributed by atoms with Crippen LogP contribution in [0.1, 0.15) is 10.4 Å². The fraction of sp³-hybridized carbons (Fsp3) is 0.0588. The molecular formula is C17H9N4O8S-3. The highest BCUT2D eigenvalue weighted by atomic mass is 32.2. The lowest BCUT2D eigenvalue weighted by Crippen LogP contribution is -2.39. The molecule has 0 N–H and O–H groups in total. The maximum atomic E-state index is 12.6. The quantitative estimate of drug-likeness (QED) is 0.393. The number of aromatic carboxylic acids is 1. The number of carbonyl (C=O) groups is 3. The Bertz CT molecular complexity index is 1190. The highest BCUT2D eigenvalue weighted by Gasteiger charge is 2.38. The van der Waals surface area contributed by atoms with Crippen molar-refractivity contribution in [3.63, 3.8) is 0 Å². The van der Waals surface area contributed by atoms with E-state index >= 15 is 0 Å². The van der Waals surface area contributed by atoms with Gasteiger partial charge >= 0.3 is 0 Å². The van der Waals surface area contributed by atoms with Crippen LogP contribution in [0.2, 0.25) is 0 Å². The first-order chi connectivity index (χ1) is 14.1. The molecule has 2 aromatic carbocycles. The second-order valence-electron chi connectivity index (χ2n) is 5.82. The van der Waals surface area contributed by atoms with E-state index in [4.69, 9.17) is 0 Å². The molecule has 2 aromatic rings. The van der Waals surface area contributed by atoms with Gasteiger partial charge in [-0.2, -0.15) is 20.3 Å². The molecule has 1 aliphatic heterocycles. The normalized spacial score (nSPS) is 16.7. The number of nitrogens with zero attached hydrogens (tertiary/aromatic N) is 4. The average Bonchev–Trinajstić information content (AvgIpc) is 3.02. The van der Waals surface area contributed by atoms with Crippen LogP contribution in [0.25, 0.3) is 0 Å². The summed E-state index contributed by atoms with van der Waals surface area (Å²) in [7, 11) is -4.71. The number of rotatable bonds is 6. The molecule has 13 heteroatoms. The van der Waals surface area contributed by atoms with Gasteiger partial charge in [0, 0.05) is 0 Å². The van der Waals surface area contributed by atoms with Crippen molar-refractivity contribution in [2.75, 3.05) is 5.01 Å². The third-order valence-corrected chi connectivity index (χ3v) is 4.73. The molecule has 154 valence electrons. The predicted octanol–water partition coefficient (Wildman–Crippen LogP) is -1.44. The molecule has 1 heterocycles. The van der Waals surface area contributed by atoms with Gasteiger partial charge in [-0.1, -0.05) is 12.1 Å². The largest absolute Gasteiger partial charge is 0.744 e. The fourth-order valence-electron chi connectivity index (χ4n) is 2.43. The summed E-state index contributed by atoms with van der Waals surface area (Å²) >= 11 is 0. The lowest BCUT2D eigenvalue weighted by atomic mass is 10.2. The summed E-state index contributed by atoms with van der Waals surface area (Å²) in [5.41, 5.74) is -0.732. The Morgan fingerprint density at radius 2 is 1.57 bits per heavy atom. The molecule has 30 heavy (non-hydrogen) atoms. The van der Waals surface area contributed by atoms with E-state index in [9.17, 15) is 37.6 Å². The number of hydrazone groups is 1. The van der Waals surface area contributed by atoms with Crippen LogP contribution in [0.3, 0.4) is 0 Å². The van der Waals surface area contributed by atoms with Crippen LogP contribution >= 0.6 is 0 Å². The number of carboxylic acid groups (broad SMARTS) is 2. The predicted molar refractivity (Wildman–Crippen MR) is 93.4 cm³/mol. The van der Waals surface area contributed by atoms with Gasteiger partial charge in [0.05, 0.1) is 28.2 Å². The third kappa shape index (κ3) is 4.21. The topological polar surface area (TPSA) is 195 Å². The molecule has 0 aliphatic carbocycles. The van der Waals surface area contributed by atoms with Crippen LogP contribution in [0, 0.1) is 0 Å². The molecule has 0 bridgehead atoms. The van der Waals surface area contributed by atoms with Gasteiger partial charge < -0.3 is 24.4 Å². The molecule has 1 atom stereocenters. The highest BCUT2D eigenvalue weighted by molar-refractivity contribution is 7.85. The Morgan fingerprint density at radius 1 is 0.967 bits per heavy atom. The lowest BCUT2D eigenvalue weighted by molar-refractivity contribution is -0.294. The van der Waals surface area contributed by atoms with Gasteiger partial charge in [-0.05, 0) is 42.0 Å². The smallest absolute Gasteiger partial charge is 0.280 e. The summed E-state index contributed by atoms with van der Waals surface area (Å²) in [6, 6.07) is 7.32. The van der Waals surface area contributed by atoms with Crippen molar-refractivity contribution in [2.24, 2.45) is 15.3 Å².